The molecule has 10 heteroatoms. The fourth-order valence-corrected chi connectivity index (χ4v) is 4.21. The third-order valence-corrected chi connectivity index (χ3v) is 6.39. The van der Waals surface area contributed by atoms with Crippen molar-refractivity contribution in [3.8, 4) is 0 Å². The Morgan fingerprint density at radius 2 is 1.43 bits per heavy atom. The number of hydrogen-bond acceptors (Lipinski definition) is 6. The van der Waals surface area contributed by atoms with Gasteiger partial charge in [-0.3, -0.25) is 9.44 Å². The predicted molar refractivity (Wildman–Crippen MR) is 105 cm³/mol. The van der Waals surface area contributed by atoms with Gasteiger partial charge in [0.15, 0.2) is 0 Å². The van der Waals surface area contributed by atoms with E-state index in [1.165, 1.54) is 42.6 Å². The van der Waals surface area contributed by atoms with Crippen molar-refractivity contribution >= 4 is 31.7 Å². The van der Waals surface area contributed by atoms with Crippen molar-refractivity contribution in [2.24, 2.45) is 0 Å². The Morgan fingerprint density at radius 3 is 2.04 bits per heavy atom. The highest BCUT2D eigenvalue weighted by Crippen LogP contribution is 2.26. The zero-order valence-corrected chi connectivity index (χ0v) is 16.7. The van der Waals surface area contributed by atoms with Gasteiger partial charge in [0.25, 0.3) is 10.0 Å². The molecule has 0 bridgehead atoms. The van der Waals surface area contributed by atoms with Crippen LogP contribution in [0.15, 0.2) is 70.6 Å². The Bertz CT molecular complexity index is 1190. The highest BCUT2D eigenvalue weighted by atomic mass is 32.2. The van der Waals surface area contributed by atoms with Crippen molar-refractivity contribution in [2.75, 3.05) is 4.72 Å². The van der Waals surface area contributed by atoms with Gasteiger partial charge in [0.2, 0.25) is 10.0 Å². The summed E-state index contributed by atoms with van der Waals surface area (Å²) in [7, 11) is -7.80. The molecule has 1 heterocycles. The summed E-state index contributed by atoms with van der Waals surface area (Å²) in [4.78, 5) is 7.76. The second-order valence-electron chi connectivity index (χ2n) is 6.01. The average molecular weight is 417 g/mol. The highest BCUT2D eigenvalue weighted by Gasteiger charge is 2.16. The molecule has 2 aromatic carbocycles. The fraction of sp³-hybridized carbons (Fsp3) is 0.111. The largest absolute Gasteiger partial charge is 0.366 e. The van der Waals surface area contributed by atoms with Gasteiger partial charge in [-0.25, -0.2) is 16.8 Å². The van der Waals surface area contributed by atoms with Gasteiger partial charge in [0.05, 0.1) is 9.79 Å². The normalized spacial score (nSPS) is 11.8. The Kier molecular flexibility index (Phi) is 5.34. The maximum atomic E-state index is 12.4. The summed E-state index contributed by atoms with van der Waals surface area (Å²) in [6.07, 6.45) is 1.42. The Balaban J connectivity index is 1.78. The van der Waals surface area contributed by atoms with E-state index in [0.717, 1.165) is 5.56 Å². The van der Waals surface area contributed by atoms with E-state index in [0.29, 0.717) is 5.69 Å². The number of rotatable bonds is 6. The number of hydrogen-bond donors (Lipinski definition) is 1. The molecule has 0 fully saturated rings. The fourth-order valence-electron chi connectivity index (χ4n) is 2.27. The van der Waals surface area contributed by atoms with Crippen molar-refractivity contribution in [2.45, 2.75) is 23.6 Å². The lowest BCUT2D eigenvalue weighted by Gasteiger charge is -2.14. The highest BCUT2D eigenvalue weighted by molar-refractivity contribution is 7.94. The molecule has 146 valence electrons. The van der Waals surface area contributed by atoms with E-state index in [4.69, 9.17) is 0 Å². The first-order valence-corrected chi connectivity index (χ1v) is 11.1. The predicted octanol–water partition coefficient (Wildman–Crippen LogP) is 3.29. The van der Waals surface area contributed by atoms with Gasteiger partial charge in [-0.2, -0.15) is 0 Å². The Hall–Kier alpha value is -2.98. The van der Waals surface area contributed by atoms with Crippen molar-refractivity contribution in [3.63, 3.8) is 0 Å². The first-order valence-electron chi connectivity index (χ1n) is 8.13. The molecular formula is C18H17N4O4S2-. The van der Waals surface area contributed by atoms with E-state index in [1.807, 2.05) is 6.92 Å². The van der Waals surface area contributed by atoms with E-state index >= 15 is 0 Å². The first-order chi connectivity index (χ1) is 13.2. The maximum absolute atomic E-state index is 12.4. The Morgan fingerprint density at radius 1 is 0.821 bits per heavy atom. The number of nitrogens with zero attached hydrogens (tertiary/aromatic N) is 3. The monoisotopic (exact) mass is 417 g/mol. The van der Waals surface area contributed by atoms with Gasteiger partial charge in [-0.05, 0) is 62.1 Å². The average Bonchev–Trinajstić information content (AvgIpc) is 2.62. The molecule has 0 atom stereocenters. The summed E-state index contributed by atoms with van der Waals surface area (Å²) in [5.41, 5.74) is 1.76. The molecule has 28 heavy (non-hydrogen) atoms. The molecule has 0 unspecified atom stereocenters. The lowest BCUT2D eigenvalue weighted by atomic mass is 10.2. The van der Waals surface area contributed by atoms with Crippen LogP contribution >= 0.6 is 0 Å². The van der Waals surface area contributed by atoms with Crippen LogP contribution in [0.4, 0.5) is 11.6 Å². The van der Waals surface area contributed by atoms with Gasteiger partial charge in [0.1, 0.15) is 0 Å². The van der Waals surface area contributed by atoms with Crippen molar-refractivity contribution in [1.29, 1.82) is 0 Å². The quantitative estimate of drug-likeness (QED) is 0.657. The number of aryl methyl sites for hydroxylation is 2. The van der Waals surface area contributed by atoms with Crippen molar-refractivity contribution < 1.29 is 16.8 Å². The molecule has 0 aliphatic heterocycles. The van der Waals surface area contributed by atoms with Crippen molar-refractivity contribution in [3.05, 3.63) is 76.8 Å². The number of sulfonamides is 2. The molecule has 0 saturated carbocycles. The van der Waals surface area contributed by atoms with Crippen LogP contribution in [-0.4, -0.2) is 26.8 Å². The van der Waals surface area contributed by atoms with Crippen LogP contribution in [0.5, 0.6) is 0 Å². The SMILES string of the molecule is Cc1ccc(S(=O)(=O)Nc2ccc(S(=O)(=O)[N-]c3nccc(C)n3)cc2)cc1. The molecule has 3 rings (SSSR count). The van der Waals surface area contributed by atoms with E-state index in [1.54, 1.807) is 25.1 Å². The van der Waals surface area contributed by atoms with Gasteiger partial charge in [-0.1, -0.05) is 23.8 Å². The minimum atomic E-state index is -4.02. The molecule has 0 amide bonds. The van der Waals surface area contributed by atoms with Gasteiger partial charge in [0, 0.05) is 11.6 Å². The van der Waals surface area contributed by atoms with Crippen LogP contribution in [0.2, 0.25) is 0 Å². The zero-order chi connectivity index (χ0) is 20.4. The topological polar surface area (TPSA) is 120 Å². The molecule has 8 nitrogen and oxygen atoms in total. The van der Waals surface area contributed by atoms with Gasteiger partial charge >= 0.3 is 0 Å². The molecule has 1 aromatic heterocycles. The molecule has 0 radical (unpaired) electrons. The Labute approximate surface area is 163 Å². The summed E-state index contributed by atoms with van der Waals surface area (Å²) in [5, 5.41) is 0. The second-order valence-corrected chi connectivity index (χ2v) is 9.29. The maximum Gasteiger partial charge on any atom is 0.261 e. The molecule has 0 saturated heterocycles. The van der Waals surface area contributed by atoms with Crippen molar-refractivity contribution in [1.82, 2.24) is 9.97 Å². The van der Waals surface area contributed by atoms with E-state index in [-0.39, 0.29) is 21.4 Å². The van der Waals surface area contributed by atoms with E-state index in [9.17, 15) is 16.8 Å². The van der Waals surface area contributed by atoms with Crippen LogP contribution in [0.25, 0.3) is 4.72 Å². The summed E-state index contributed by atoms with van der Waals surface area (Å²) in [5.74, 6) is -0.163. The lowest BCUT2D eigenvalue weighted by Crippen LogP contribution is -2.13. The van der Waals surface area contributed by atoms with Gasteiger partial charge < -0.3 is 9.97 Å². The third kappa shape index (κ3) is 4.65. The number of anilines is 1. The van der Waals surface area contributed by atoms with Crippen LogP contribution in [0.1, 0.15) is 11.3 Å². The minimum absolute atomic E-state index is 0.101. The van der Waals surface area contributed by atoms with E-state index in [2.05, 4.69) is 19.4 Å². The summed E-state index contributed by atoms with van der Waals surface area (Å²) in [6.45, 7) is 3.55. The molecule has 0 spiro atoms. The standard InChI is InChI=1S/C18H17N4O4S2/c1-13-3-7-16(8-4-13)27(23,24)21-15-5-9-17(10-6-15)28(25,26)22-18-19-12-11-14(2)20-18/h3-12,21H,1-2H3/q-1. The molecule has 0 aliphatic carbocycles. The summed E-state index contributed by atoms with van der Waals surface area (Å²) in [6, 6.07) is 13.2. The lowest BCUT2D eigenvalue weighted by molar-refractivity contribution is 0.600. The summed E-state index contributed by atoms with van der Waals surface area (Å²) >= 11 is 0. The molecule has 0 aliphatic rings. The number of nitrogens with one attached hydrogen (secondary N) is 1. The number of benzene rings is 2. The molecule has 1 N–H and O–H groups in total. The smallest absolute Gasteiger partial charge is 0.261 e. The second kappa shape index (κ2) is 7.56. The van der Waals surface area contributed by atoms with Crippen LogP contribution in [0.3, 0.4) is 0 Å². The first kappa shape index (κ1) is 19.8. The third-order valence-electron chi connectivity index (χ3n) is 3.72. The van der Waals surface area contributed by atoms with E-state index < -0.39 is 20.0 Å². The summed E-state index contributed by atoms with van der Waals surface area (Å²) < 4.78 is 55.6. The minimum Gasteiger partial charge on any atom is -0.366 e. The number of aromatic nitrogens is 2. The van der Waals surface area contributed by atoms with Gasteiger partial charge in [-0.15, -0.1) is 0 Å². The zero-order valence-electron chi connectivity index (χ0n) is 15.1. The molecule has 3 aromatic rings. The van der Waals surface area contributed by atoms with Crippen LogP contribution in [0, 0.1) is 13.8 Å². The van der Waals surface area contributed by atoms with Crippen LogP contribution < -0.4 is 4.72 Å². The molecular weight excluding hydrogens is 400 g/mol. The van der Waals surface area contributed by atoms with Crippen LogP contribution in [-0.2, 0) is 20.0 Å².